The summed E-state index contributed by atoms with van der Waals surface area (Å²) in [4.78, 5) is 24.8. The second-order valence-corrected chi connectivity index (χ2v) is 4.98. The van der Waals surface area contributed by atoms with E-state index in [9.17, 15) is 9.59 Å². The summed E-state index contributed by atoms with van der Waals surface area (Å²) in [7, 11) is 0. The van der Waals surface area contributed by atoms with E-state index in [4.69, 9.17) is 5.26 Å². The van der Waals surface area contributed by atoms with E-state index in [1.807, 2.05) is 6.07 Å². The highest BCUT2D eigenvalue weighted by atomic mass is 16.2. The number of rotatable bonds is 5. The number of carbonyl (C=O) groups is 2. The molecule has 0 saturated carbocycles. The Morgan fingerprint density at radius 2 is 1.64 bits per heavy atom. The summed E-state index contributed by atoms with van der Waals surface area (Å²) in [6.45, 7) is 1.98. The van der Waals surface area contributed by atoms with Crippen LogP contribution in [0, 0.1) is 17.2 Å². The molecular weight excluding hydrogens is 276 g/mol. The molecule has 4 nitrogen and oxygen atoms in total. The van der Waals surface area contributed by atoms with Crippen molar-refractivity contribution in [2.45, 2.75) is 6.92 Å². The van der Waals surface area contributed by atoms with Crippen molar-refractivity contribution in [3.8, 4) is 6.07 Å². The maximum Gasteiger partial charge on any atom is 0.252 e. The standard InChI is InChI=1S/C18H16N2O2/c1-13(11-19)12-20-18(22)16-10-6-5-9-15(16)17(21)14-7-3-2-4-8-14/h2-10,13H,12H2,1H3,(H,20,22). The van der Waals surface area contributed by atoms with Crippen molar-refractivity contribution in [1.82, 2.24) is 5.32 Å². The SMILES string of the molecule is CC(C#N)CNC(=O)c1ccccc1C(=O)c1ccccc1. The molecule has 0 aliphatic heterocycles. The van der Waals surface area contributed by atoms with E-state index in [2.05, 4.69) is 11.4 Å². The summed E-state index contributed by atoms with van der Waals surface area (Å²) < 4.78 is 0. The van der Waals surface area contributed by atoms with Crippen LogP contribution in [-0.2, 0) is 0 Å². The van der Waals surface area contributed by atoms with Gasteiger partial charge in [0.25, 0.3) is 5.91 Å². The Bertz CT molecular complexity index is 717. The molecular formula is C18H16N2O2. The number of benzene rings is 2. The van der Waals surface area contributed by atoms with Crippen molar-refractivity contribution in [2.75, 3.05) is 6.54 Å². The van der Waals surface area contributed by atoms with Crippen LogP contribution in [-0.4, -0.2) is 18.2 Å². The number of nitrogens with zero attached hydrogens (tertiary/aromatic N) is 1. The Balaban J connectivity index is 2.26. The van der Waals surface area contributed by atoms with E-state index in [-0.39, 0.29) is 24.2 Å². The largest absolute Gasteiger partial charge is 0.351 e. The van der Waals surface area contributed by atoms with Crippen LogP contribution in [0.5, 0.6) is 0 Å². The van der Waals surface area contributed by atoms with Crippen LogP contribution in [0.25, 0.3) is 0 Å². The summed E-state index contributed by atoms with van der Waals surface area (Å²) in [6, 6.07) is 17.6. The monoisotopic (exact) mass is 292 g/mol. The zero-order chi connectivity index (χ0) is 15.9. The summed E-state index contributed by atoms with van der Waals surface area (Å²) in [5.41, 5.74) is 1.21. The lowest BCUT2D eigenvalue weighted by Crippen LogP contribution is -2.29. The smallest absolute Gasteiger partial charge is 0.252 e. The van der Waals surface area contributed by atoms with Crippen LogP contribution >= 0.6 is 0 Å². The van der Waals surface area contributed by atoms with Crippen LogP contribution in [0.3, 0.4) is 0 Å². The zero-order valence-corrected chi connectivity index (χ0v) is 12.2. The van der Waals surface area contributed by atoms with Crippen LogP contribution in [0.2, 0.25) is 0 Å². The highest BCUT2D eigenvalue weighted by Crippen LogP contribution is 2.14. The third-order valence-electron chi connectivity index (χ3n) is 3.24. The molecule has 0 aliphatic carbocycles. The van der Waals surface area contributed by atoms with Gasteiger partial charge in [0.1, 0.15) is 0 Å². The minimum Gasteiger partial charge on any atom is -0.351 e. The molecule has 2 rings (SSSR count). The second-order valence-electron chi connectivity index (χ2n) is 4.98. The molecule has 0 bridgehead atoms. The molecule has 4 heteroatoms. The number of hydrogen-bond acceptors (Lipinski definition) is 3. The molecule has 0 spiro atoms. The number of ketones is 1. The predicted molar refractivity (Wildman–Crippen MR) is 83.4 cm³/mol. The van der Waals surface area contributed by atoms with E-state index < -0.39 is 0 Å². The molecule has 0 heterocycles. The summed E-state index contributed by atoms with van der Waals surface area (Å²) in [5, 5.41) is 11.4. The van der Waals surface area contributed by atoms with Gasteiger partial charge in [0.05, 0.1) is 17.6 Å². The lowest BCUT2D eigenvalue weighted by molar-refractivity contribution is 0.0939. The minimum absolute atomic E-state index is 0.195. The lowest BCUT2D eigenvalue weighted by atomic mass is 9.98. The molecule has 0 saturated heterocycles. The fourth-order valence-corrected chi connectivity index (χ4v) is 2.01. The first-order valence-electron chi connectivity index (χ1n) is 7.00. The van der Waals surface area contributed by atoms with E-state index in [1.54, 1.807) is 55.5 Å². The molecule has 2 aromatic rings. The van der Waals surface area contributed by atoms with Crippen molar-refractivity contribution < 1.29 is 9.59 Å². The van der Waals surface area contributed by atoms with E-state index >= 15 is 0 Å². The van der Waals surface area contributed by atoms with Gasteiger partial charge in [0.15, 0.2) is 5.78 Å². The van der Waals surface area contributed by atoms with E-state index in [0.29, 0.717) is 16.7 Å². The van der Waals surface area contributed by atoms with Crippen molar-refractivity contribution in [3.05, 3.63) is 71.3 Å². The molecule has 0 aliphatic rings. The van der Waals surface area contributed by atoms with Gasteiger partial charge < -0.3 is 5.32 Å². The molecule has 0 radical (unpaired) electrons. The summed E-state index contributed by atoms with van der Waals surface area (Å²) >= 11 is 0. The van der Waals surface area contributed by atoms with Crippen LogP contribution in [0.4, 0.5) is 0 Å². The molecule has 1 unspecified atom stereocenters. The first-order chi connectivity index (χ1) is 10.6. The Hall–Kier alpha value is -2.93. The maximum atomic E-state index is 12.5. The van der Waals surface area contributed by atoms with Gasteiger partial charge in [-0.3, -0.25) is 9.59 Å². The van der Waals surface area contributed by atoms with Gasteiger partial charge in [-0.2, -0.15) is 5.26 Å². The fraction of sp³-hybridized carbons (Fsp3) is 0.167. The first kappa shape index (κ1) is 15.5. The maximum absolute atomic E-state index is 12.5. The van der Waals surface area contributed by atoms with E-state index in [0.717, 1.165) is 0 Å². The number of carbonyl (C=O) groups excluding carboxylic acids is 2. The Morgan fingerprint density at radius 1 is 1.05 bits per heavy atom. The summed E-state index contributed by atoms with van der Waals surface area (Å²) in [6.07, 6.45) is 0. The van der Waals surface area contributed by atoms with Gasteiger partial charge in [0, 0.05) is 17.7 Å². The first-order valence-corrected chi connectivity index (χ1v) is 7.00. The fourth-order valence-electron chi connectivity index (χ4n) is 2.01. The molecule has 22 heavy (non-hydrogen) atoms. The summed E-state index contributed by atoms with van der Waals surface area (Å²) in [5.74, 6) is -0.817. The number of nitrogens with one attached hydrogen (secondary N) is 1. The van der Waals surface area contributed by atoms with Crippen molar-refractivity contribution in [1.29, 1.82) is 5.26 Å². The van der Waals surface area contributed by atoms with Gasteiger partial charge in [-0.15, -0.1) is 0 Å². The van der Waals surface area contributed by atoms with Gasteiger partial charge in [-0.05, 0) is 13.0 Å². The average Bonchev–Trinajstić information content (AvgIpc) is 2.59. The molecule has 110 valence electrons. The minimum atomic E-state index is -0.345. The molecule has 1 N–H and O–H groups in total. The quantitative estimate of drug-likeness (QED) is 0.861. The van der Waals surface area contributed by atoms with Crippen molar-refractivity contribution in [2.24, 2.45) is 5.92 Å². The third-order valence-corrected chi connectivity index (χ3v) is 3.24. The normalized spacial score (nSPS) is 11.3. The molecule has 2 aromatic carbocycles. The Morgan fingerprint density at radius 3 is 2.27 bits per heavy atom. The highest BCUT2D eigenvalue weighted by molar-refractivity contribution is 6.15. The van der Waals surface area contributed by atoms with Crippen molar-refractivity contribution >= 4 is 11.7 Å². The Labute approximate surface area is 129 Å². The van der Waals surface area contributed by atoms with Gasteiger partial charge in [0.2, 0.25) is 0 Å². The molecule has 0 aromatic heterocycles. The van der Waals surface area contributed by atoms with Gasteiger partial charge in [-0.1, -0.05) is 48.5 Å². The molecule has 1 atom stereocenters. The molecule has 0 fully saturated rings. The molecule has 1 amide bonds. The Kier molecular flexibility index (Phi) is 5.05. The number of nitriles is 1. The van der Waals surface area contributed by atoms with Crippen LogP contribution in [0.15, 0.2) is 54.6 Å². The van der Waals surface area contributed by atoms with Crippen molar-refractivity contribution in [3.63, 3.8) is 0 Å². The number of amides is 1. The van der Waals surface area contributed by atoms with Gasteiger partial charge in [-0.25, -0.2) is 0 Å². The number of hydrogen-bond donors (Lipinski definition) is 1. The average molecular weight is 292 g/mol. The topological polar surface area (TPSA) is 70.0 Å². The lowest BCUT2D eigenvalue weighted by Gasteiger charge is -2.10. The predicted octanol–water partition coefficient (Wildman–Crippen LogP) is 2.81. The van der Waals surface area contributed by atoms with E-state index in [1.165, 1.54) is 0 Å². The second kappa shape index (κ2) is 7.19. The van der Waals surface area contributed by atoms with Gasteiger partial charge >= 0.3 is 0 Å². The van der Waals surface area contributed by atoms with Crippen LogP contribution < -0.4 is 5.32 Å². The third kappa shape index (κ3) is 3.58. The van der Waals surface area contributed by atoms with Crippen LogP contribution in [0.1, 0.15) is 33.2 Å². The zero-order valence-electron chi connectivity index (χ0n) is 12.2. The highest BCUT2D eigenvalue weighted by Gasteiger charge is 2.17.